The summed E-state index contributed by atoms with van der Waals surface area (Å²) in [6.07, 6.45) is 2.25. The van der Waals surface area contributed by atoms with Crippen molar-refractivity contribution in [3.8, 4) is 0 Å². The Morgan fingerprint density at radius 3 is 3.00 bits per heavy atom. The Bertz CT molecular complexity index is 333. The Balaban J connectivity index is 2.09. The topological polar surface area (TPSA) is 24.4 Å². The van der Waals surface area contributed by atoms with Gasteiger partial charge in [-0.25, -0.2) is 0 Å². The molecule has 1 aliphatic heterocycles. The molecule has 0 aromatic heterocycles. The van der Waals surface area contributed by atoms with E-state index in [0.29, 0.717) is 0 Å². The van der Waals surface area contributed by atoms with Crippen molar-refractivity contribution in [2.24, 2.45) is 4.99 Å². The van der Waals surface area contributed by atoms with Crippen LogP contribution in [0.2, 0.25) is 0 Å². The standard InChI is InChI=1S/C10H11BrN2/c11-8-3-1-4-9(7-8)13-10-5-2-6-12-10/h1,3-4,7H,2,5-6H2,(H,12,13). The lowest BCUT2D eigenvalue weighted by Gasteiger charge is -2.05. The number of rotatable bonds is 1. The first-order chi connectivity index (χ1) is 6.34. The Morgan fingerprint density at radius 1 is 1.38 bits per heavy atom. The molecule has 13 heavy (non-hydrogen) atoms. The summed E-state index contributed by atoms with van der Waals surface area (Å²) in [6.45, 7) is 0.969. The van der Waals surface area contributed by atoms with Crippen LogP contribution in [0.25, 0.3) is 0 Å². The van der Waals surface area contributed by atoms with Gasteiger partial charge in [-0.3, -0.25) is 4.99 Å². The maximum Gasteiger partial charge on any atom is 0.101 e. The van der Waals surface area contributed by atoms with Crippen LogP contribution in [0, 0.1) is 0 Å². The summed E-state index contributed by atoms with van der Waals surface area (Å²) >= 11 is 3.43. The molecule has 1 aromatic carbocycles. The van der Waals surface area contributed by atoms with Gasteiger partial charge in [0.25, 0.3) is 0 Å². The molecule has 0 aliphatic carbocycles. The molecule has 0 unspecified atom stereocenters. The van der Waals surface area contributed by atoms with Crippen molar-refractivity contribution in [1.29, 1.82) is 0 Å². The van der Waals surface area contributed by atoms with E-state index >= 15 is 0 Å². The second kappa shape index (κ2) is 3.92. The summed E-state index contributed by atoms with van der Waals surface area (Å²) < 4.78 is 1.09. The molecular weight excluding hydrogens is 228 g/mol. The summed E-state index contributed by atoms with van der Waals surface area (Å²) in [5.41, 5.74) is 1.11. The Kier molecular flexibility index (Phi) is 2.64. The monoisotopic (exact) mass is 238 g/mol. The zero-order valence-corrected chi connectivity index (χ0v) is 8.84. The van der Waals surface area contributed by atoms with Gasteiger partial charge in [0.05, 0.1) is 0 Å². The van der Waals surface area contributed by atoms with Crippen LogP contribution in [0.4, 0.5) is 5.69 Å². The van der Waals surface area contributed by atoms with Crippen LogP contribution in [0.15, 0.2) is 33.7 Å². The predicted octanol–water partition coefficient (Wildman–Crippen LogP) is 3.05. The molecule has 3 heteroatoms. The molecule has 1 aliphatic rings. The minimum absolute atomic E-state index is 0.969. The van der Waals surface area contributed by atoms with Gasteiger partial charge in [0.1, 0.15) is 5.84 Å². The van der Waals surface area contributed by atoms with Crippen LogP contribution in [-0.4, -0.2) is 12.4 Å². The number of nitrogens with zero attached hydrogens (tertiary/aromatic N) is 1. The largest absolute Gasteiger partial charge is 0.344 e. The fraction of sp³-hybridized carbons (Fsp3) is 0.300. The van der Waals surface area contributed by atoms with Gasteiger partial charge in [0, 0.05) is 23.1 Å². The quantitative estimate of drug-likeness (QED) is 0.800. The number of amidine groups is 1. The number of benzene rings is 1. The number of aliphatic imine (C=N–C) groups is 1. The van der Waals surface area contributed by atoms with Gasteiger partial charge in [0.15, 0.2) is 0 Å². The van der Waals surface area contributed by atoms with E-state index in [-0.39, 0.29) is 0 Å². The Hall–Kier alpha value is -0.830. The van der Waals surface area contributed by atoms with Crippen molar-refractivity contribution in [3.05, 3.63) is 28.7 Å². The number of nitrogens with one attached hydrogen (secondary N) is 1. The highest BCUT2D eigenvalue weighted by atomic mass is 79.9. The Labute approximate surface area is 86.2 Å². The van der Waals surface area contributed by atoms with E-state index in [1.54, 1.807) is 0 Å². The number of hydrogen-bond donors (Lipinski definition) is 1. The molecule has 0 saturated heterocycles. The molecule has 1 N–H and O–H groups in total. The average Bonchev–Trinajstić information content (AvgIpc) is 2.57. The van der Waals surface area contributed by atoms with Crippen LogP contribution in [0.1, 0.15) is 12.8 Å². The number of halogens is 1. The first-order valence-corrected chi connectivity index (χ1v) is 5.20. The van der Waals surface area contributed by atoms with Gasteiger partial charge in [-0.2, -0.15) is 0 Å². The second-order valence-corrected chi connectivity index (χ2v) is 3.98. The molecule has 0 radical (unpaired) electrons. The number of anilines is 1. The minimum atomic E-state index is 0.969. The highest BCUT2D eigenvalue weighted by Gasteiger charge is 2.05. The van der Waals surface area contributed by atoms with Crippen molar-refractivity contribution in [2.75, 3.05) is 11.9 Å². The van der Waals surface area contributed by atoms with E-state index in [0.717, 1.165) is 29.0 Å². The van der Waals surface area contributed by atoms with Crippen LogP contribution in [0.5, 0.6) is 0 Å². The third-order valence-electron chi connectivity index (χ3n) is 1.99. The SMILES string of the molecule is Brc1cccc(NC2=NCCC2)c1. The fourth-order valence-electron chi connectivity index (χ4n) is 1.37. The molecule has 0 amide bonds. The lowest BCUT2D eigenvalue weighted by Crippen LogP contribution is -2.07. The molecule has 0 saturated carbocycles. The second-order valence-electron chi connectivity index (χ2n) is 3.07. The summed E-state index contributed by atoms with van der Waals surface area (Å²) in [5, 5.41) is 3.30. The highest BCUT2D eigenvalue weighted by molar-refractivity contribution is 9.10. The van der Waals surface area contributed by atoms with E-state index in [4.69, 9.17) is 0 Å². The molecular formula is C10H11BrN2. The predicted molar refractivity (Wildman–Crippen MR) is 59.3 cm³/mol. The first kappa shape index (κ1) is 8.75. The molecule has 0 atom stereocenters. The smallest absolute Gasteiger partial charge is 0.101 e. The molecule has 0 spiro atoms. The summed E-state index contributed by atoms with van der Waals surface area (Å²) in [6, 6.07) is 8.13. The molecule has 0 fully saturated rings. The van der Waals surface area contributed by atoms with Gasteiger partial charge in [-0.1, -0.05) is 22.0 Å². The van der Waals surface area contributed by atoms with Gasteiger partial charge in [-0.15, -0.1) is 0 Å². The Morgan fingerprint density at radius 2 is 2.31 bits per heavy atom. The van der Waals surface area contributed by atoms with E-state index in [9.17, 15) is 0 Å². The average molecular weight is 239 g/mol. The van der Waals surface area contributed by atoms with Crippen LogP contribution >= 0.6 is 15.9 Å². The first-order valence-electron chi connectivity index (χ1n) is 4.40. The number of hydrogen-bond acceptors (Lipinski definition) is 2. The van der Waals surface area contributed by atoms with Crippen LogP contribution in [-0.2, 0) is 0 Å². The molecule has 2 rings (SSSR count). The van der Waals surface area contributed by atoms with Crippen molar-refractivity contribution in [2.45, 2.75) is 12.8 Å². The molecule has 1 heterocycles. The maximum atomic E-state index is 4.35. The van der Waals surface area contributed by atoms with Crippen molar-refractivity contribution in [3.63, 3.8) is 0 Å². The van der Waals surface area contributed by atoms with E-state index in [1.165, 1.54) is 6.42 Å². The normalized spacial score (nSPS) is 15.6. The van der Waals surface area contributed by atoms with Crippen LogP contribution < -0.4 is 5.32 Å². The lowest BCUT2D eigenvalue weighted by molar-refractivity contribution is 0.951. The van der Waals surface area contributed by atoms with Gasteiger partial charge >= 0.3 is 0 Å². The lowest BCUT2D eigenvalue weighted by atomic mass is 10.3. The third kappa shape index (κ3) is 2.31. The van der Waals surface area contributed by atoms with Crippen LogP contribution in [0.3, 0.4) is 0 Å². The zero-order valence-electron chi connectivity index (χ0n) is 7.26. The molecule has 1 aromatic rings. The fourth-order valence-corrected chi connectivity index (χ4v) is 1.77. The van der Waals surface area contributed by atoms with Crippen molar-refractivity contribution < 1.29 is 0 Å². The summed E-state index contributed by atoms with van der Waals surface area (Å²) in [5.74, 6) is 1.11. The molecule has 0 bridgehead atoms. The van der Waals surface area contributed by atoms with Crippen molar-refractivity contribution >= 4 is 27.5 Å². The molecule has 2 nitrogen and oxygen atoms in total. The van der Waals surface area contributed by atoms with E-state index < -0.39 is 0 Å². The van der Waals surface area contributed by atoms with Gasteiger partial charge < -0.3 is 5.32 Å². The molecule has 68 valence electrons. The summed E-state index contributed by atoms with van der Waals surface area (Å²) in [7, 11) is 0. The van der Waals surface area contributed by atoms with E-state index in [2.05, 4.69) is 32.3 Å². The zero-order chi connectivity index (χ0) is 9.10. The minimum Gasteiger partial charge on any atom is -0.344 e. The van der Waals surface area contributed by atoms with Gasteiger partial charge in [0.2, 0.25) is 0 Å². The van der Waals surface area contributed by atoms with E-state index in [1.807, 2.05) is 18.2 Å². The summed E-state index contributed by atoms with van der Waals surface area (Å²) in [4.78, 5) is 4.35. The third-order valence-corrected chi connectivity index (χ3v) is 2.48. The highest BCUT2D eigenvalue weighted by Crippen LogP contribution is 2.17. The van der Waals surface area contributed by atoms with Gasteiger partial charge in [-0.05, 0) is 24.6 Å². The van der Waals surface area contributed by atoms with Crippen molar-refractivity contribution in [1.82, 2.24) is 0 Å². The maximum absolute atomic E-state index is 4.35.